The van der Waals surface area contributed by atoms with Gasteiger partial charge in [-0.15, -0.1) is 0 Å². The Morgan fingerprint density at radius 2 is 2.14 bits per heavy atom. The zero-order valence-electron chi connectivity index (χ0n) is 8.47. The van der Waals surface area contributed by atoms with Crippen molar-refractivity contribution in [3.05, 3.63) is 22.2 Å². The van der Waals surface area contributed by atoms with Crippen molar-refractivity contribution < 1.29 is 0 Å². The molecule has 0 aliphatic carbocycles. The summed E-state index contributed by atoms with van der Waals surface area (Å²) >= 11 is 6.07. The highest BCUT2D eigenvalue weighted by molar-refractivity contribution is 6.30. The van der Waals surface area contributed by atoms with E-state index in [4.69, 9.17) is 11.6 Å². The molecule has 0 unspecified atom stereocenters. The van der Waals surface area contributed by atoms with Crippen molar-refractivity contribution in [2.75, 3.05) is 0 Å². The van der Waals surface area contributed by atoms with Gasteiger partial charge in [-0.1, -0.05) is 25.4 Å². The Bertz CT molecular complexity index is 349. The van der Waals surface area contributed by atoms with Crippen LogP contribution in [0.15, 0.2) is 0 Å². The zero-order chi connectivity index (χ0) is 10.1. The van der Waals surface area contributed by atoms with Crippen molar-refractivity contribution in [3.8, 4) is 0 Å². The van der Waals surface area contributed by atoms with Gasteiger partial charge in [0.05, 0.1) is 5.69 Å². The molecule has 1 aliphatic rings. The average molecular weight is 212 g/mol. The number of halogens is 1. The van der Waals surface area contributed by atoms with Crippen LogP contribution in [-0.4, -0.2) is 9.97 Å². The first kappa shape index (κ1) is 9.87. The Morgan fingerprint density at radius 3 is 2.86 bits per heavy atom. The standard InChI is InChI=1S/C10H14ClN3/c1-6(2)3-9-13-8-5-12-4-7(8)10(11)14-9/h6,12H,3-5H2,1-2H3. The van der Waals surface area contributed by atoms with Gasteiger partial charge in [0.25, 0.3) is 0 Å². The minimum atomic E-state index is 0.568. The van der Waals surface area contributed by atoms with E-state index < -0.39 is 0 Å². The number of hydrogen-bond acceptors (Lipinski definition) is 3. The van der Waals surface area contributed by atoms with E-state index >= 15 is 0 Å². The van der Waals surface area contributed by atoms with Crippen molar-refractivity contribution in [1.82, 2.24) is 15.3 Å². The van der Waals surface area contributed by atoms with Crippen LogP contribution >= 0.6 is 11.6 Å². The maximum atomic E-state index is 6.07. The van der Waals surface area contributed by atoms with Gasteiger partial charge in [-0.3, -0.25) is 0 Å². The molecule has 0 atom stereocenters. The van der Waals surface area contributed by atoms with Crippen molar-refractivity contribution in [2.45, 2.75) is 33.4 Å². The smallest absolute Gasteiger partial charge is 0.137 e. The predicted octanol–water partition coefficient (Wildman–Crippen LogP) is 1.93. The first-order valence-corrected chi connectivity index (χ1v) is 5.29. The molecule has 0 radical (unpaired) electrons. The lowest BCUT2D eigenvalue weighted by molar-refractivity contribution is 0.617. The van der Waals surface area contributed by atoms with Gasteiger partial charge >= 0.3 is 0 Å². The van der Waals surface area contributed by atoms with Gasteiger partial charge < -0.3 is 5.32 Å². The second kappa shape index (κ2) is 3.83. The lowest BCUT2D eigenvalue weighted by atomic mass is 10.1. The predicted molar refractivity (Wildman–Crippen MR) is 56.1 cm³/mol. The monoisotopic (exact) mass is 211 g/mol. The molecule has 0 fully saturated rings. The van der Waals surface area contributed by atoms with Crippen LogP contribution < -0.4 is 5.32 Å². The molecular weight excluding hydrogens is 198 g/mol. The molecule has 1 aliphatic heterocycles. The number of fused-ring (bicyclic) bond motifs is 1. The van der Waals surface area contributed by atoms with Crippen LogP contribution in [0.4, 0.5) is 0 Å². The third-order valence-corrected chi connectivity index (χ3v) is 2.59. The largest absolute Gasteiger partial charge is 0.307 e. The highest BCUT2D eigenvalue weighted by Gasteiger charge is 2.17. The van der Waals surface area contributed by atoms with Gasteiger partial charge in [0.2, 0.25) is 0 Å². The minimum Gasteiger partial charge on any atom is -0.307 e. The van der Waals surface area contributed by atoms with E-state index in [-0.39, 0.29) is 0 Å². The third kappa shape index (κ3) is 1.88. The van der Waals surface area contributed by atoms with Crippen LogP contribution in [0, 0.1) is 5.92 Å². The quantitative estimate of drug-likeness (QED) is 0.760. The molecule has 0 saturated heterocycles. The Hall–Kier alpha value is -0.670. The summed E-state index contributed by atoms with van der Waals surface area (Å²) in [7, 11) is 0. The Labute approximate surface area is 88.9 Å². The third-order valence-electron chi connectivity index (χ3n) is 2.27. The number of rotatable bonds is 2. The van der Waals surface area contributed by atoms with Crippen LogP contribution in [0.25, 0.3) is 0 Å². The van der Waals surface area contributed by atoms with E-state index in [2.05, 4.69) is 29.1 Å². The molecule has 14 heavy (non-hydrogen) atoms. The van der Waals surface area contributed by atoms with Crippen LogP contribution in [0.5, 0.6) is 0 Å². The zero-order valence-corrected chi connectivity index (χ0v) is 9.23. The summed E-state index contributed by atoms with van der Waals surface area (Å²) in [5, 5.41) is 3.84. The Balaban J connectivity index is 2.32. The van der Waals surface area contributed by atoms with Gasteiger partial charge in [-0.25, -0.2) is 9.97 Å². The molecule has 0 aromatic carbocycles. The second-order valence-electron chi connectivity index (χ2n) is 4.06. The minimum absolute atomic E-state index is 0.568. The van der Waals surface area contributed by atoms with Gasteiger partial charge in [-0.05, 0) is 5.92 Å². The molecule has 1 N–H and O–H groups in total. The summed E-state index contributed by atoms with van der Waals surface area (Å²) < 4.78 is 0. The second-order valence-corrected chi connectivity index (χ2v) is 4.42. The molecular formula is C10H14ClN3. The molecule has 3 nitrogen and oxygen atoms in total. The Morgan fingerprint density at radius 1 is 1.36 bits per heavy atom. The fraction of sp³-hybridized carbons (Fsp3) is 0.600. The molecule has 0 bridgehead atoms. The molecule has 1 aromatic heterocycles. The van der Waals surface area contributed by atoms with E-state index in [0.717, 1.165) is 36.6 Å². The first-order valence-electron chi connectivity index (χ1n) is 4.91. The number of hydrogen-bond donors (Lipinski definition) is 1. The van der Waals surface area contributed by atoms with Gasteiger partial charge in [0.15, 0.2) is 0 Å². The van der Waals surface area contributed by atoms with Crippen molar-refractivity contribution in [3.63, 3.8) is 0 Å². The summed E-state index contributed by atoms with van der Waals surface area (Å²) in [6.07, 6.45) is 0.896. The normalized spacial score (nSPS) is 14.9. The van der Waals surface area contributed by atoms with Crippen molar-refractivity contribution >= 4 is 11.6 Å². The van der Waals surface area contributed by atoms with Gasteiger partial charge in [0.1, 0.15) is 11.0 Å². The molecule has 2 rings (SSSR count). The summed E-state index contributed by atoms with van der Waals surface area (Å²) in [6, 6.07) is 0. The van der Waals surface area contributed by atoms with Crippen LogP contribution in [0.3, 0.4) is 0 Å². The molecule has 76 valence electrons. The summed E-state index contributed by atoms with van der Waals surface area (Å²) in [5.74, 6) is 1.44. The van der Waals surface area contributed by atoms with E-state index in [1.165, 1.54) is 0 Å². The van der Waals surface area contributed by atoms with E-state index in [1.807, 2.05) is 0 Å². The highest BCUT2D eigenvalue weighted by Crippen LogP contribution is 2.21. The highest BCUT2D eigenvalue weighted by atomic mass is 35.5. The number of nitrogens with zero attached hydrogens (tertiary/aromatic N) is 2. The lowest BCUT2D eigenvalue weighted by Gasteiger charge is -2.06. The summed E-state index contributed by atoms with van der Waals surface area (Å²) in [6.45, 7) is 5.93. The molecule has 0 saturated carbocycles. The van der Waals surface area contributed by atoms with Crippen LogP contribution in [-0.2, 0) is 19.5 Å². The van der Waals surface area contributed by atoms with Gasteiger partial charge in [-0.2, -0.15) is 0 Å². The van der Waals surface area contributed by atoms with E-state index in [0.29, 0.717) is 11.1 Å². The molecule has 0 spiro atoms. The van der Waals surface area contributed by atoms with Gasteiger partial charge in [0, 0.05) is 25.1 Å². The van der Waals surface area contributed by atoms with E-state index in [1.54, 1.807) is 0 Å². The molecule has 2 heterocycles. The van der Waals surface area contributed by atoms with Crippen LogP contribution in [0.2, 0.25) is 5.15 Å². The maximum absolute atomic E-state index is 6.07. The lowest BCUT2D eigenvalue weighted by Crippen LogP contribution is -2.04. The average Bonchev–Trinajstić information content (AvgIpc) is 2.50. The topological polar surface area (TPSA) is 37.8 Å². The number of aromatic nitrogens is 2. The van der Waals surface area contributed by atoms with Crippen molar-refractivity contribution in [1.29, 1.82) is 0 Å². The molecule has 1 aromatic rings. The van der Waals surface area contributed by atoms with Crippen LogP contribution in [0.1, 0.15) is 30.9 Å². The Kier molecular flexibility index (Phi) is 2.70. The fourth-order valence-corrected chi connectivity index (χ4v) is 1.91. The molecule has 4 heteroatoms. The van der Waals surface area contributed by atoms with E-state index in [9.17, 15) is 0 Å². The maximum Gasteiger partial charge on any atom is 0.137 e. The van der Waals surface area contributed by atoms with Crippen molar-refractivity contribution in [2.24, 2.45) is 5.92 Å². The summed E-state index contributed by atoms with van der Waals surface area (Å²) in [4.78, 5) is 8.80. The fourth-order valence-electron chi connectivity index (χ4n) is 1.63. The molecule has 0 amide bonds. The first-order chi connectivity index (χ1) is 6.66. The SMILES string of the molecule is CC(C)Cc1nc(Cl)c2c(n1)CNC2. The number of nitrogens with one attached hydrogen (secondary N) is 1. The summed E-state index contributed by atoms with van der Waals surface area (Å²) in [5.41, 5.74) is 2.14.